The highest BCUT2D eigenvalue weighted by molar-refractivity contribution is 5.69. The second-order valence-electron chi connectivity index (χ2n) is 4.63. The zero-order chi connectivity index (χ0) is 13.0. The van der Waals surface area contributed by atoms with Crippen LogP contribution in [0.15, 0.2) is 0 Å². The van der Waals surface area contributed by atoms with E-state index in [0.29, 0.717) is 0 Å². The van der Waals surface area contributed by atoms with Crippen molar-refractivity contribution in [3.8, 4) is 0 Å². The molecule has 0 heterocycles. The summed E-state index contributed by atoms with van der Waals surface area (Å²) in [4.78, 5) is 11.1. The molecule has 0 aliphatic carbocycles. The van der Waals surface area contributed by atoms with Crippen LogP contribution < -0.4 is 5.73 Å². The highest BCUT2D eigenvalue weighted by Gasteiger charge is 2.36. The zero-order valence-corrected chi connectivity index (χ0v) is 9.73. The van der Waals surface area contributed by atoms with Crippen LogP contribution in [-0.4, -0.2) is 23.8 Å². The van der Waals surface area contributed by atoms with Crippen LogP contribution in [0.3, 0.4) is 0 Å². The van der Waals surface area contributed by atoms with Gasteiger partial charge < -0.3 is 10.5 Å². The molecule has 0 fully saturated rings. The number of ether oxygens (including phenoxy) is 1. The molecule has 16 heavy (non-hydrogen) atoms. The summed E-state index contributed by atoms with van der Waals surface area (Å²) >= 11 is 0. The molecule has 0 saturated carbocycles. The SMILES string of the molecule is CC(C)(C)OC(=O)CCC[C@@H](N)C(F)(F)F. The maximum atomic E-state index is 12.0. The van der Waals surface area contributed by atoms with Crippen LogP contribution in [0.5, 0.6) is 0 Å². The monoisotopic (exact) mass is 241 g/mol. The lowest BCUT2D eigenvalue weighted by Gasteiger charge is -2.20. The predicted octanol–water partition coefficient (Wildman–Crippen LogP) is 2.39. The maximum Gasteiger partial charge on any atom is 0.403 e. The number of nitrogens with two attached hydrogens (primary N) is 1. The number of halogens is 3. The van der Waals surface area contributed by atoms with Crippen molar-refractivity contribution >= 4 is 5.97 Å². The van der Waals surface area contributed by atoms with E-state index in [0.717, 1.165) is 0 Å². The third-order valence-electron chi connectivity index (χ3n) is 1.74. The molecule has 0 aromatic rings. The Bertz CT molecular complexity index is 233. The van der Waals surface area contributed by atoms with Crippen LogP contribution in [0.1, 0.15) is 40.0 Å². The Morgan fingerprint density at radius 1 is 1.31 bits per heavy atom. The molecule has 2 N–H and O–H groups in total. The van der Waals surface area contributed by atoms with E-state index in [1.54, 1.807) is 20.8 Å². The number of carbonyl (C=O) groups is 1. The molecule has 0 aliphatic rings. The Morgan fingerprint density at radius 2 is 1.81 bits per heavy atom. The minimum Gasteiger partial charge on any atom is -0.460 e. The molecule has 1 atom stereocenters. The van der Waals surface area contributed by atoms with Gasteiger partial charge in [-0.15, -0.1) is 0 Å². The molecule has 0 aromatic carbocycles. The van der Waals surface area contributed by atoms with Gasteiger partial charge in [-0.2, -0.15) is 13.2 Å². The predicted molar refractivity (Wildman–Crippen MR) is 53.7 cm³/mol. The summed E-state index contributed by atoms with van der Waals surface area (Å²) in [7, 11) is 0. The van der Waals surface area contributed by atoms with Crippen LogP contribution in [0, 0.1) is 0 Å². The van der Waals surface area contributed by atoms with Gasteiger partial charge in [0.05, 0.1) is 0 Å². The molecule has 0 amide bonds. The van der Waals surface area contributed by atoms with Crippen molar-refractivity contribution < 1.29 is 22.7 Å². The van der Waals surface area contributed by atoms with Gasteiger partial charge in [-0.1, -0.05) is 0 Å². The highest BCUT2D eigenvalue weighted by Crippen LogP contribution is 2.22. The van der Waals surface area contributed by atoms with Crippen LogP contribution in [-0.2, 0) is 9.53 Å². The Hall–Kier alpha value is -0.780. The lowest BCUT2D eigenvalue weighted by Crippen LogP contribution is -2.37. The molecule has 0 aliphatic heterocycles. The van der Waals surface area contributed by atoms with Crippen molar-refractivity contribution in [3.05, 3.63) is 0 Å². The molecule has 0 bridgehead atoms. The van der Waals surface area contributed by atoms with Gasteiger partial charge in [-0.05, 0) is 33.6 Å². The van der Waals surface area contributed by atoms with Crippen LogP contribution in [0.25, 0.3) is 0 Å². The molecular formula is C10H18F3NO2. The topological polar surface area (TPSA) is 52.3 Å². The first kappa shape index (κ1) is 15.2. The third kappa shape index (κ3) is 7.50. The molecule has 0 aromatic heterocycles. The highest BCUT2D eigenvalue weighted by atomic mass is 19.4. The number of alkyl halides is 3. The molecule has 96 valence electrons. The van der Waals surface area contributed by atoms with E-state index in [1.165, 1.54) is 0 Å². The average molecular weight is 241 g/mol. The van der Waals surface area contributed by atoms with Gasteiger partial charge in [0.25, 0.3) is 0 Å². The Kier molecular flexibility index (Phi) is 5.25. The van der Waals surface area contributed by atoms with E-state index in [1.807, 2.05) is 0 Å². The number of carbonyl (C=O) groups excluding carboxylic acids is 1. The summed E-state index contributed by atoms with van der Waals surface area (Å²) < 4.78 is 41.0. The first-order chi connectivity index (χ1) is 7.02. The van der Waals surface area contributed by atoms with Gasteiger partial charge in [-0.3, -0.25) is 4.79 Å². The van der Waals surface area contributed by atoms with E-state index in [-0.39, 0.29) is 19.3 Å². The lowest BCUT2D eigenvalue weighted by molar-refractivity contribution is -0.157. The van der Waals surface area contributed by atoms with Crippen molar-refractivity contribution in [3.63, 3.8) is 0 Å². The zero-order valence-electron chi connectivity index (χ0n) is 9.73. The molecule has 3 nitrogen and oxygen atoms in total. The molecule has 6 heteroatoms. The second kappa shape index (κ2) is 5.52. The van der Waals surface area contributed by atoms with Gasteiger partial charge >= 0.3 is 12.1 Å². The molecule has 0 spiro atoms. The summed E-state index contributed by atoms with van der Waals surface area (Å²) in [5.41, 5.74) is 4.28. The van der Waals surface area contributed by atoms with Crippen molar-refractivity contribution in [2.45, 2.75) is 57.9 Å². The first-order valence-electron chi connectivity index (χ1n) is 5.06. The summed E-state index contributed by atoms with van der Waals surface area (Å²) in [6.07, 6.45) is -4.62. The van der Waals surface area contributed by atoms with Crippen molar-refractivity contribution in [1.82, 2.24) is 0 Å². The second-order valence-corrected chi connectivity index (χ2v) is 4.63. The van der Waals surface area contributed by atoms with Crippen LogP contribution >= 0.6 is 0 Å². The van der Waals surface area contributed by atoms with Gasteiger partial charge in [0.2, 0.25) is 0 Å². The normalized spacial score (nSPS) is 14.7. The summed E-state index contributed by atoms with van der Waals surface area (Å²) in [6, 6.07) is -1.87. The maximum absolute atomic E-state index is 12.0. The third-order valence-corrected chi connectivity index (χ3v) is 1.74. The fraction of sp³-hybridized carbons (Fsp3) is 0.900. The summed E-state index contributed by atoms with van der Waals surface area (Å²) in [5.74, 6) is -0.498. The average Bonchev–Trinajstić information content (AvgIpc) is 1.98. The van der Waals surface area contributed by atoms with Gasteiger partial charge in [0, 0.05) is 6.42 Å². The van der Waals surface area contributed by atoms with E-state index in [2.05, 4.69) is 0 Å². The van der Waals surface area contributed by atoms with Crippen molar-refractivity contribution in [2.24, 2.45) is 5.73 Å². The van der Waals surface area contributed by atoms with E-state index in [4.69, 9.17) is 10.5 Å². The Balaban J connectivity index is 3.79. The van der Waals surface area contributed by atoms with E-state index < -0.39 is 23.8 Å². The largest absolute Gasteiger partial charge is 0.460 e. The number of rotatable bonds is 4. The van der Waals surface area contributed by atoms with Gasteiger partial charge in [0.15, 0.2) is 0 Å². The van der Waals surface area contributed by atoms with Crippen molar-refractivity contribution in [2.75, 3.05) is 0 Å². The van der Waals surface area contributed by atoms with Crippen molar-refractivity contribution in [1.29, 1.82) is 0 Å². The smallest absolute Gasteiger partial charge is 0.403 e. The standard InChI is InChI=1S/C10H18F3NO2/c1-9(2,3)16-8(15)6-4-5-7(14)10(11,12)13/h7H,4-6,14H2,1-3H3/t7-/m1/s1. The summed E-state index contributed by atoms with van der Waals surface area (Å²) in [6.45, 7) is 5.10. The fourth-order valence-electron chi connectivity index (χ4n) is 1.02. The minimum atomic E-state index is -4.39. The van der Waals surface area contributed by atoms with Crippen LogP contribution in [0.4, 0.5) is 13.2 Å². The molecule has 0 unspecified atom stereocenters. The Morgan fingerprint density at radius 3 is 2.19 bits per heavy atom. The Labute approximate surface area is 93.1 Å². The molecule has 0 saturated heterocycles. The minimum absolute atomic E-state index is 0.0406. The molecule has 0 radical (unpaired) electrons. The molecule has 0 rings (SSSR count). The number of hydrogen-bond donors (Lipinski definition) is 1. The van der Waals surface area contributed by atoms with Gasteiger partial charge in [-0.25, -0.2) is 0 Å². The summed E-state index contributed by atoms with van der Waals surface area (Å²) in [5, 5.41) is 0. The number of hydrogen-bond acceptors (Lipinski definition) is 3. The van der Waals surface area contributed by atoms with Crippen LogP contribution in [0.2, 0.25) is 0 Å². The fourth-order valence-corrected chi connectivity index (χ4v) is 1.02. The number of esters is 1. The quantitative estimate of drug-likeness (QED) is 0.769. The first-order valence-corrected chi connectivity index (χ1v) is 5.06. The molecular weight excluding hydrogens is 223 g/mol. The van der Waals surface area contributed by atoms with E-state index >= 15 is 0 Å². The lowest BCUT2D eigenvalue weighted by atomic mass is 10.1. The van der Waals surface area contributed by atoms with E-state index in [9.17, 15) is 18.0 Å². The van der Waals surface area contributed by atoms with Gasteiger partial charge in [0.1, 0.15) is 11.6 Å².